The Morgan fingerprint density at radius 1 is 0.943 bits per heavy atom. The van der Waals surface area contributed by atoms with Gasteiger partial charge in [0.05, 0.1) is 35.1 Å². The second kappa shape index (κ2) is 11.3. The summed E-state index contributed by atoms with van der Waals surface area (Å²) < 4.78 is 14.3. The number of piperazine rings is 1. The van der Waals surface area contributed by atoms with Crippen LogP contribution in [0.15, 0.2) is 72.8 Å². The molecule has 0 unspecified atom stereocenters. The summed E-state index contributed by atoms with van der Waals surface area (Å²) in [6.45, 7) is 2.87. The molecule has 0 bridgehead atoms. The van der Waals surface area contributed by atoms with Gasteiger partial charge in [-0.1, -0.05) is 42.5 Å². The van der Waals surface area contributed by atoms with Crippen LogP contribution in [-0.2, 0) is 11.3 Å². The van der Waals surface area contributed by atoms with Gasteiger partial charge in [-0.15, -0.1) is 0 Å². The minimum absolute atomic E-state index is 0.170. The first-order valence-electron chi connectivity index (χ1n) is 11.4. The topological polar surface area (TPSA) is 88.5 Å². The minimum Gasteiger partial charge on any atom is -0.367 e. The highest BCUT2D eigenvalue weighted by Gasteiger charge is 2.22. The first kappa shape index (κ1) is 23.9. The maximum Gasteiger partial charge on any atom is 0.253 e. The zero-order chi connectivity index (χ0) is 24.6. The van der Waals surface area contributed by atoms with Crippen LogP contribution in [0.4, 0.5) is 15.8 Å². The zero-order valence-corrected chi connectivity index (χ0v) is 19.2. The van der Waals surface area contributed by atoms with E-state index < -0.39 is 5.82 Å². The van der Waals surface area contributed by atoms with Gasteiger partial charge in [0, 0.05) is 32.7 Å². The first-order chi connectivity index (χ1) is 17.0. The first-order valence-corrected chi connectivity index (χ1v) is 11.4. The van der Waals surface area contributed by atoms with Crippen molar-refractivity contribution in [2.45, 2.75) is 6.54 Å². The van der Waals surface area contributed by atoms with Gasteiger partial charge in [0.1, 0.15) is 5.82 Å². The zero-order valence-electron chi connectivity index (χ0n) is 19.2. The maximum atomic E-state index is 14.3. The lowest BCUT2D eigenvalue weighted by atomic mass is 10.1. The molecule has 2 N–H and O–H groups in total. The number of carbonyl (C=O) groups is 2. The number of anilines is 2. The van der Waals surface area contributed by atoms with Gasteiger partial charge in [-0.25, -0.2) is 4.39 Å². The molecule has 0 aliphatic carbocycles. The number of hydrogen-bond donors (Lipinski definition) is 2. The molecule has 0 radical (unpaired) electrons. The van der Waals surface area contributed by atoms with E-state index in [0.29, 0.717) is 49.7 Å². The van der Waals surface area contributed by atoms with Crippen LogP contribution in [0.5, 0.6) is 0 Å². The van der Waals surface area contributed by atoms with Crippen molar-refractivity contribution in [3.8, 4) is 6.07 Å². The summed E-state index contributed by atoms with van der Waals surface area (Å²) in [6, 6.07) is 22.9. The molecule has 0 atom stereocenters. The van der Waals surface area contributed by atoms with E-state index in [0.717, 1.165) is 5.56 Å². The Kier molecular flexibility index (Phi) is 7.70. The van der Waals surface area contributed by atoms with Crippen LogP contribution >= 0.6 is 0 Å². The molecular formula is C27H26FN5O2. The highest BCUT2D eigenvalue weighted by Crippen LogP contribution is 2.22. The molecule has 4 rings (SSSR count). The van der Waals surface area contributed by atoms with Gasteiger partial charge in [-0.05, 0) is 35.9 Å². The van der Waals surface area contributed by atoms with Crippen LogP contribution in [-0.4, -0.2) is 49.4 Å². The quantitative estimate of drug-likeness (QED) is 0.552. The molecule has 178 valence electrons. The third kappa shape index (κ3) is 6.22. The molecule has 2 amide bonds. The molecule has 0 saturated carbocycles. The number of nitrogens with zero attached hydrogens (tertiary/aromatic N) is 3. The lowest BCUT2D eigenvalue weighted by Gasteiger charge is -2.35. The number of amides is 2. The second-order valence-electron chi connectivity index (χ2n) is 8.30. The average molecular weight is 472 g/mol. The molecule has 1 fully saturated rings. The van der Waals surface area contributed by atoms with Crippen molar-refractivity contribution in [1.82, 2.24) is 10.2 Å². The number of para-hydroxylation sites is 1. The summed E-state index contributed by atoms with van der Waals surface area (Å²) in [5, 5.41) is 14.7. The second-order valence-corrected chi connectivity index (χ2v) is 8.30. The van der Waals surface area contributed by atoms with Crippen molar-refractivity contribution < 1.29 is 14.0 Å². The molecule has 1 aliphatic rings. The largest absolute Gasteiger partial charge is 0.367 e. The number of nitriles is 1. The van der Waals surface area contributed by atoms with Crippen molar-refractivity contribution >= 4 is 23.2 Å². The summed E-state index contributed by atoms with van der Waals surface area (Å²) in [5.41, 5.74) is 2.60. The molecule has 8 heteroatoms. The van der Waals surface area contributed by atoms with E-state index in [1.165, 1.54) is 6.07 Å². The van der Waals surface area contributed by atoms with Gasteiger partial charge in [0.25, 0.3) is 5.91 Å². The Hall–Kier alpha value is -4.22. The fourth-order valence-electron chi connectivity index (χ4n) is 4.04. The number of rotatable bonds is 7. The summed E-state index contributed by atoms with van der Waals surface area (Å²) in [5.74, 6) is -0.897. The number of carbonyl (C=O) groups excluding carboxylic acids is 2. The van der Waals surface area contributed by atoms with E-state index in [4.69, 9.17) is 5.26 Å². The van der Waals surface area contributed by atoms with Crippen LogP contribution in [0, 0.1) is 17.1 Å². The highest BCUT2D eigenvalue weighted by molar-refractivity contribution is 6.04. The van der Waals surface area contributed by atoms with E-state index in [9.17, 15) is 14.0 Å². The normalized spacial score (nSPS) is 13.7. The fraction of sp³-hybridized carbons (Fsp3) is 0.222. The van der Waals surface area contributed by atoms with Crippen LogP contribution in [0.2, 0.25) is 0 Å². The number of hydrogen-bond acceptors (Lipinski definition) is 5. The van der Waals surface area contributed by atoms with Crippen molar-refractivity contribution in [1.29, 1.82) is 5.26 Å². The molecule has 3 aromatic rings. The summed E-state index contributed by atoms with van der Waals surface area (Å²) in [4.78, 5) is 29.4. The Balaban J connectivity index is 1.30. The smallest absolute Gasteiger partial charge is 0.253 e. The summed E-state index contributed by atoms with van der Waals surface area (Å²) in [6.07, 6.45) is 0. The van der Waals surface area contributed by atoms with E-state index in [2.05, 4.69) is 10.6 Å². The number of benzene rings is 3. The molecule has 1 saturated heterocycles. The molecule has 3 aromatic carbocycles. The monoisotopic (exact) mass is 471 g/mol. The molecule has 1 aliphatic heterocycles. The van der Waals surface area contributed by atoms with Gasteiger partial charge < -0.3 is 15.5 Å². The fourth-order valence-corrected chi connectivity index (χ4v) is 4.04. The van der Waals surface area contributed by atoms with Gasteiger partial charge in [0.15, 0.2) is 0 Å². The molecule has 1 heterocycles. The van der Waals surface area contributed by atoms with E-state index in [1.54, 1.807) is 36.4 Å². The van der Waals surface area contributed by atoms with E-state index in [-0.39, 0.29) is 23.9 Å². The summed E-state index contributed by atoms with van der Waals surface area (Å²) >= 11 is 0. The van der Waals surface area contributed by atoms with Crippen molar-refractivity contribution in [2.75, 3.05) is 42.9 Å². The predicted octanol–water partition coefficient (Wildman–Crippen LogP) is 3.39. The van der Waals surface area contributed by atoms with Crippen molar-refractivity contribution in [2.24, 2.45) is 0 Å². The summed E-state index contributed by atoms with van der Waals surface area (Å²) in [7, 11) is 0. The average Bonchev–Trinajstić information content (AvgIpc) is 2.88. The minimum atomic E-state index is -0.419. The van der Waals surface area contributed by atoms with Gasteiger partial charge >= 0.3 is 0 Å². The van der Waals surface area contributed by atoms with E-state index >= 15 is 0 Å². The molecule has 0 spiro atoms. The Morgan fingerprint density at radius 3 is 2.37 bits per heavy atom. The van der Waals surface area contributed by atoms with Crippen LogP contribution in [0.3, 0.4) is 0 Å². The SMILES string of the molecule is N#Cc1ccc(N2CCN(CC(=O)Nc3ccccc3C(=O)NCc3ccccc3)CC2)c(F)c1. The molecule has 35 heavy (non-hydrogen) atoms. The van der Waals surface area contributed by atoms with Gasteiger partial charge in [-0.3, -0.25) is 14.5 Å². The van der Waals surface area contributed by atoms with Crippen molar-refractivity contribution in [3.05, 3.63) is 95.3 Å². The molecule has 0 aromatic heterocycles. The lowest BCUT2D eigenvalue weighted by Crippen LogP contribution is -2.49. The van der Waals surface area contributed by atoms with Gasteiger partial charge in [-0.2, -0.15) is 5.26 Å². The number of halogens is 1. The van der Waals surface area contributed by atoms with Crippen LogP contribution < -0.4 is 15.5 Å². The Bertz CT molecular complexity index is 1230. The van der Waals surface area contributed by atoms with Crippen LogP contribution in [0.25, 0.3) is 0 Å². The van der Waals surface area contributed by atoms with Crippen LogP contribution in [0.1, 0.15) is 21.5 Å². The third-order valence-electron chi connectivity index (χ3n) is 5.90. The van der Waals surface area contributed by atoms with E-state index in [1.807, 2.05) is 46.2 Å². The standard InChI is InChI=1S/C27H26FN5O2/c28-23-16-21(17-29)10-11-25(23)33-14-12-32(13-15-33)19-26(34)31-24-9-5-4-8-22(24)27(35)30-18-20-6-2-1-3-7-20/h1-11,16H,12-15,18-19H2,(H,30,35)(H,31,34). The highest BCUT2D eigenvalue weighted by atomic mass is 19.1. The predicted molar refractivity (Wildman–Crippen MR) is 132 cm³/mol. The lowest BCUT2D eigenvalue weighted by molar-refractivity contribution is -0.117. The third-order valence-corrected chi connectivity index (χ3v) is 5.90. The van der Waals surface area contributed by atoms with Crippen molar-refractivity contribution in [3.63, 3.8) is 0 Å². The number of nitrogens with one attached hydrogen (secondary N) is 2. The Labute approximate surface area is 203 Å². The molecular weight excluding hydrogens is 445 g/mol. The maximum absolute atomic E-state index is 14.3. The van der Waals surface area contributed by atoms with Gasteiger partial charge in [0.2, 0.25) is 5.91 Å². The Morgan fingerprint density at radius 2 is 1.66 bits per heavy atom. The molecule has 7 nitrogen and oxygen atoms in total.